The van der Waals surface area contributed by atoms with Gasteiger partial charge in [-0.05, 0) is 12.1 Å². The molecule has 86 valence electrons. The van der Waals surface area contributed by atoms with Gasteiger partial charge in [0.2, 0.25) is 0 Å². The van der Waals surface area contributed by atoms with Gasteiger partial charge >= 0.3 is 17.1 Å². The van der Waals surface area contributed by atoms with Gasteiger partial charge in [0.1, 0.15) is 11.8 Å². The Labute approximate surface area is 103 Å². The van der Waals surface area contributed by atoms with Gasteiger partial charge in [-0.2, -0.15) is 0 Å². The van der Waals surface area contributed by atoms with E-state index in [1.54, 1.807) is 25.1 Å². The zero-order valence-electron chi connectivity index (χ0n) is 8.50. The van der Waals surface area contributed by atoms with Crippen molar-refractivity contribution in [3.05, 3.63) is 43.5 Å². The molecule has 0 radical (unpaired) electrons. The van der Waals surface area contributed by atoms with Gasteiger partial charge in [-0.3, -0.25) is 0 Å². The number of aromatic nitrogens is 4. The minimum atomic E-state index is 0. The van der Waals surface area contributed by atoms with E-state index in [1.165, 1.54) is 6.33 Å². The molecule has 0 unspecified atom stereocenters. The first-order valence-electron chi connectivity index (χ1n) is 4.03. The van der Waals surface area contributed by atoms with Crippen molar-refractivity contribution in [1.82, 2.24) is 26.1 Å². The second-order valence-corrected chi connectivity index (χ2v) is 2.46. The van der Waals surface area contributed by atoms with Gasteiger partial charge < -0.3 is 15.6 Å². The SMILES string of the molecule is N.[SeH2].c1ccoc1.c1ncc2[nH]cnc2n1. The normalized spacial score (nSPS) is 8.25. The van der Waals surface area contributed by atoms with Crippen LogP contribution in [-0.2, 0) is 0 Å². The second-order valence-electron chi connectivity index (χ2n) is 2.46. The maximum Gasteiger partial charge on any atom is 0.180 e. The molecule has 0 aliphatic heterocycles. The average molecular weight is 286 g/mol. The van der Waals surface area contributed by atoms with E-state index in [9.17, 15) is 0 Å². The summed E-state index contributed by atoms with van der Waals surface area (Å²) in [5, 5.41) is 0. The molecule has 0 bridgehead atoms. The molecule has 3 heterocycles. The number of fused-ring (bicyclic) bond motifs is 1. The molecular weight excluding hydrogens is 273 g/mol. The summed E-state index contributed by atoms with van der Waals surface area (Å²) in [5.41, 5.74) is 1.59. The van der Waals surface area contributed by atoms with Gasteiger partial charge in [-0.1, -0.05) is 0 Å². The van der Waals surface area contributed by atoms with E-state index in [0.717, 1.165) is 5.52 Å². The maximum atomic E-state index is 4.58. The van der Waals surface area contributed by atoms with Crippen molar-refractivity contribution in [1.29, 1.82) is 0 Å². The zero-order valence-corrected chi connectivity index (χ0v) is 10.6. The molecule has 0 fully saturated rings. The summed E-state index contributed by atoms with van der Waals surface area (Å²) in [6, 6.07) is 3.67. The topological polar surface area (TPSA) is 103 Å². The van der Waals surface area contributed by atoms with Crippen molar-refractivity contribution in [2.45, 2.75) is 0 Å². The van der Waals surface area contributed by atoms with Crippen LogP contribution in [0.5, 0.6) is 0 Å². The van der Waals surface area contributed by atoms with Crippen LogP contribution in [0.1, 0.15) is 0 Å². The van der Waals surface area contributed by atoms with Crippen LogP contribution < -0.4 is 6.15 Å². The fraction of sp³-hybridized carbons (Fsp3) is 0. The number of rotatable bonds is 0. The summed E-state index contributed by atoms with van der Waals surface area (Å²) in [5.74, 6) is 0. The fourth-order valence-corrected chi connectivity index (χ4v) is 0.918. The molecular formula is C9H13N5OSe. The number of furan rings is 1. The predicted molar refractivity (Wildman–Crippen MR) is 64.0 cm³/mol. The Morgan fingerprint density at radius 1 is 1.12 bits per heavy atom. The minimum absolute atomic E-state index is 0. The Bertz CT molecular complexity index is 434. The molecule has 0 atom stereocenters. The molecule has 0 aliphatic rings. The largest absolute Gasteiger partial charge is 0.473 e. The van der Waals surface area contributed by atoms with E-state index in [-0.39, 0.29) is 23.2 Å². The first-order valence-corrected chi connectivity index (χ1v) is 4.03. The van der Waals surface area contributed by atoms with E-state index in [0.29, 0.717) is 5.65 Å². The summed E-state index contributed by atoms with van der Waals surface area (Å²) < 4.78 is 4.58. The van der Waals surface area contributed by atoms with E-state index in [2.05, 4.69) is 24.4 Å². The molecule has 7 heteroatoms. The summed E-state index contributed by atoms with van der Waals surface area (Å²) in [7, 11) is 0. The second kappa shape index (κ2) is 7.58. The van der Waals surface area contributed by atoms with Crippen LogP contribution in [-0.4, -0.2) is 37.0 Å². The molecule has 16 heavy (non-hydrogen) atoms. The standard InChI is InChI=1S/C5H4N4.C4H4O.H3N.H2Se/c1-4-5(8-2-6-1)9-3-7-4;1-2-4-5-3-1;;/h1-3H,(H,6,7,8,9);1-4H;1H3;1H2. The smallest absolute Gasteiger partial charge is 0.180 e. The summed E-state index contributed by atoms with van der Waals surface area (Å²) >= 11 is 0. The van der Waals surface area contributed by atoms with Crippen LogP contribution in [0.2, 0.25) is 0 Å². The summed E-state index contributed by atoms with van der Waals surface area (Å²) in [6.45, 7) is 0. The molecule has 6 nitrogen and oxygen atoms in total. The first kappa shape index (κ1) is 14.3. The first-order chi connectivity index (χ1) is 6.97. The van der Waals surface area contributed by atoms with Crippen LogP contribution in [0.15, 0.2) is 47.9 Å². The number of hydrogen-bond acceptors (Lipinski definition) is 5. The summed E-state index contributed by atoms with van der Waals surface area (Å²) in [6.07, 6.45) is 8.01. The molecule has 0 aromatic carbocycles. The average Bonchev–Trinajstić information content (AvgIpc) is 2.92. The van der Waals surface area contributed by atoms with Crippen LogP contribution >= 0.6 is 0 Å². The Morgan fingerprint density at radius 2 is 1.88 bits per heavy atom. The van der Waals surface area contributed by atoms with Crippen molar-refractivity contribution >= 4 is 28.2 Å². The summed E-state index contributed by atoms with van der Waals surface area (Å²) in [4.78, 5) is 14.5. The molecule has 3 aromatic rings. The van der Waals surface area contributed by atoms with Crippen LogP contribution in [0.25, 0.3) is 11.2 Å². The Morgan fingerprint density at radius 3 is 2.44 bits per heavy atom. The third-order valence-electron chi connectivity index (χ3n) is 1.52. The number of imidazole rings is 1. The van der Waals surface area contributed by atoms with Crippen LogP contribution in [0.4, 0.5) is 0 Å². The van der Waals surface area contributed by atoms with Gasteiger partial charge in [0, 0.05) is 0 Å². The van der Waals surface area contributed by atoms with Gasteiger partial charge in [-0.25, -0.2) is 15.0 Å². The number of aromatic amines is 1. The zero-order chi connectivity index (χ0) is 9.64. The molecule has 3 aromatic heterocycles. The van der Waals surface area contributed by atoms with Crippen molar-refractivity contribution in [2.24, 2.45) is 0 Å². The van der Waals surface area contributed by atoms with Gasteiger partial charge in [0.05, 0.1) is 25.1 Å². The Hall–Kier alpha value is -1.69. The molecule has 0 aliphatic carbocycles. The number of nitrogens with one attached hydrogen (secondary N) is 1. The molecule has 0 amide bonds. The predicted octanol–water partition coefficient (Wildman–Crippen LogP) is 0.878. The van der Waals surface area contributed by atoms with E-state index in [4.69, 9.17) is 0 Å². The van der Waals surface area contributed by atoms with Crippen molar-refractivity contribution in [2.75, 3.05) is 0 Å². The maximum absolute atomic E-state index is 4.58. The van der Waals surface area contributed by atoms with Crippen molar-refractivity contribution in [3.63, 3.8) is 0 Å². The number of nitrogens with zero attached hydrogens (tertiary/aromatic N) is 3. The molecule has 0 spiro atoms. The fourth-order valence-electron chi connectivity index (χ4n) is 0.918. The van der Waals surface area contributed by atoms with Crippen LogP contribution in [0, 0.1) is 0 Å². The molecule has 0 saturated carbocycles. The Balaban J connectivity index is 0.000000282. The van der Waals surface area contributed by atoms with Gasteiger partial charge in [-0.15, -0.1) is 0 Å². The van der Waals surface area contributed by atoms with Gasteiger partial charge in [0.25, 0.3) is 0 Å². The number of hydrogen-bond donors (Lipinski definition) is 2. The van der Waals surface area contributed by atoms with E-state index >= 15 is 0 Å². The minimum Gasteiger partial charge on any atom is -0.473 e. The third kappa shape index (κ3) is 3.82. The van der Waals surface area contributed by atoms with E-state index < -0.39 is 0 Å². The van der Waals surface area contributed by atoms with Crippen LogP contribution in [0.3, 0.4) is 0 Å². The van der Waals surface area contributed by atoms with Gasteiger partial charge in [0.15, 0.2) is 5.65 Å². The quantitative estimate of drug-likeness (QED) is 0.597. The molecule has 0 saturated heterocycles. The monoisotopic (exact) mass is 287 g/mol. The van der Waals surface area contributed by atoms with Crippen molar-refractivity contribution < 1.29 is 4.42 Å². The molecule has 4 N–H and O–H groups in total. The van der Waals surface area contributed by atoms with E-state index in [1.807, 2.05) is 12.1 Å². The molecule has 3 rings (SSSR count). The third-order valence-corrected chi connectivity index (χ3v) is 1.52. The van der Waals surface area contributed by atoms with Crippen molar-refractivity contribution in [3.8, 4) is 0 Å². The Kier molecular flexibility index (Phi) is 6.78. The number of H-pyrrole nitrogens is 1.